The molecule has 0 spiro atoms. The Morgan fingerprint density at radius 2 is 2.17 bits per heavy atom. The van der Waals surface area contributed by atoms with Crippen molar-refractivity contribution in [3.63, 3.8) is 0 Å². The van der Waals surface area contributed by atoms with Gasteiger partial charge in [0.25, 0.3) is 0 Å². The summed E-state index contributed by atoms with van der Waals surface area (Å²) in [7, 11) is 1.88. The van der Waals surface area contributed by atoms with E-state index in [4.69, 9.17) is 5.26 Å². The van der Waals surface area contributed by atoms with Gasteiger partial charge in [0, 0.05) is 13.6 Å². The molecule has 0 aliphatic carbocycles. The van der Waals surface area contributed by atoms with Crippen LogP contribution in [0.4, 0.5) is 5.82 Å². The number of hydrogen-bond acceptors (Lipinski definition) is 3. The summed E-state index contributed by atoms with van der Waals surface area (Å²) in [6, 6.07) is 2.22. The zero-order valence-electron chi connectivity index (χ0n) is 12.0. The Morgan fingerprint density at radius 1 is 1.44 bits per heavy atom. The molecule has 0 aromatic carbocycles. The Bertz CT molecular complexity index is 414. The smallest absolute Gasteiger partial charge is 0.142 e. The highest BCUT2D eigenvalue weighted by Crippen LogP contribution is 2.19. The second-order valence-electron chi connectivity index (χ2n) is 4.84. The summed E-state index contributed by atoms with van der Waals surface area (Å²) in [5.74, 6) is 1.52. The van der Waals surface area contributed by atoms with Crippen LogP contribution in [-0.2, 0) is 7.05 Å². The van der Waals surface area contributed by atoms with Crippen LogP contribution >= 0.6 is 0 Å². The van der Waals surface area contributed by atoms with Crippen LogP contribution < -0.4 is 5.32 Å². The highest BCUT2D eigenvalue weighted by Gasteiger charge is 2.14. The Hall–Kier alpha value is -1.50. The van der Waals surface area contributed by atoms with Crippen LogP contribution in [0.15, 0.2) is 0 Å². The van der Waals surface area contributed by atoms with E-state index in [9.17, 15) is 0 Å². The first kappa shape index (κ1) is 14.6. The molecule has 0 bridgehead atoms. The van der Waals surface area contributed by atoms with Gasteiger partial charge in [-0.3, -0.25) is 4.68 Å². The second kappa shape index (κ2) is 7.05. The van der Waals surface area contributed by atoms with Crippen molar-refractivity contribution in [2.75, 3.05) is 11.9 Å². The Balaban J connectivity index is 2.65. The number of nitrogens with zero attached hydrogens (tertiary/aromatic N) is 3. The van der Waals surface area contributed by atoms with Gasteiger partial charge in [-0.05, 0) is 19.3 Å². The molecule has 1 aromatic rings. The Kier molecular flexibility index (Phi) is 5.70. The Labute approximate surface area is 110 Å². The van der Waals surface area contributed by atoms with Crippen LogP contribution in [0.2, 0.25) is 0 Å². The van der Waals surface area contributed by atoms with Crippen molar-refractivity contribution in [3.05, 3.63) is 11.3 Å². The molecule has 0 saturated carbocycles. The first-order valence-corrected chi connectivity index (χ1v) is 6.81. The number of rotatable bonds is 7. The van der Waals surface area contributed by atoms with Crippen molar-refractivity contribution >= 4 is 5.82 Å². The molecule has 0 aliphatic rings. The van der Waals surface area contributed by atoms with E-state index in [1.54, 1.807) is 4.68 Å². The molecule has 4 nitrogen and oxygen atoms in total. The SMILES string of the molecule is CCCCC(CC)CNc1c(C#N)c(C)nn1C. The fraction of sp³-hybridized carbons (Fsp3) is 0.714. The van der Waals surface area contributed by atoms with Crippen LogP contribution in [0.3, 0.4) is 0 Å². The molecular formula is C14H24N4. The summed E-state index contributed by atoms with van der Waals surface area (Å²) in [5.41, 5.74) is 1.46. The number of nitriles is 1. The minimum absolute atomic E-state index is 0.669. The molecule has 0 amide bonds. The van der Waals surface area contributed by atoms with Crippen molar-refractivity contribution in [2.24, 2.45) is 13.0 Å². The minimum atomic E-state index is 0.669. The molecule has 0 fully saturated rings. The van der Waals surface area contributed by atoms with E-state index < -0.39 is 0 Å². The van der Waals surface area contributed by atoms with Gasteiger partial charge in [0.2, 0.25) is 0 Å². The van der Waals surface area contributed by atoms with Gasteiger partial charge >= 0.3 is 0 Å². The molecule has 1 rings (SSSR count). The van der Waals surface area contributed by atoms with Gasteiger partial charge in [-0.15, -0.1) is 0 Å². The molecule has 100 valence electrons. The number of aromatic nitrogens is 2. The molecule has 0 saturated heterocycles. The third kappa shape index (κ3) is 3.49. The monoisotopic (exact) mass is 248 g/mol. The number of hydrogen-bond donors (Lipinski definition) is 1. The molecule has 0 aliphatic heterocycles. The summed E-state index contributed by atoms with van der Waals surface area (Å²) in [4.78, 5) is 0. The number of nitrogens with one attached hydrogen (secondary N) is 1. The first-order valence-electron chi connectivity index (χ1n) is 6.81. The molecule has 1 aromatic heterocycles. The molecule has 4 heteroatoms. The van der Waals surface area contributed by atoms with Crippen molar-refractivity contribution in [3.8, 4) is 6.07 Å². The topological polar surface area (TPSA) is 53.6 Å². The van der Waals surface area contributed by atoms with E-state index in [2.05, 4.69) is 30.3 Å². The Morgan fingerprint density at radius 3 is 2.72 bits per heavy atom. The number of aryl methyl sites for hydroxylation is 2. The summed E-state index contributed by atoms with van der Waals surface area (Å²) in [6.07, 6.45) is 4.94. The fourth-order valence-corrected chi connectivity index (χ4v) is 2.18. The van der Waals surface area contributed by atoms with Gasteiger partial charge in [-0.1, -0.05) is 33.1 Å². The lowest BCUT2D eigenvalue weighted by molar-refractivity contribution is 0.471. The second-order valence-corrected chi connectivity index (χ2v) is 4.84. The summed E-state index contributed by atoms with van der Waals surface area (Å²) in [6.45, 7) is 7.24. The summed E-state index contributed by atoms with van der Waals surface area (Å²) < 4.78 is 1.76. The van der Waals surface area contributed by atoms with Gasteiger partial charge in [-0.2, -0.15) is 10.4 Å². The standard InChI is InChI=1S/C14H24N4/c1-5-7-8-12(6-2)10-16-14-13(9-15)11(3)17-18(14)4/h12,16H,5-8,10H2,1-4H3. The van der Waals surface area contributed by atoms with Gasteiger partial charge in [-0.25, -0.2) is 0 Å². The zero-order valence-corrected chi connectivity index (χ0v) is 12.0. The van der Waals surface area contributed by atoms with E-state index in [1.807, 2.05) is 14.0 Å². The van der Waals surface area contributed by atoms with Crippen LogP contribution in [0.5, 0.6) is 0 Å². The van der Waals surface area contributed by atoms with Crippen molar-refractivity contribution in [2.45, 2.75) is 46.5 Å². The van der Waals surface area contributed by atoms with Crippen LogP contribution in [0, 0.1) is 24.2 Å². The summed E-state index contributed by atoms with van der Waals surface area (Å²) in [5, 5.41) is 16.8. The largest absolute Gasteiger partial charge is 0.369 e. The van der Waals surface area contributed by atoms with E-state index in [0.717, 1.165) is 18.1 Å². The van der Waals surface area contributed by atoms with Gasteiger partial charge in [0.05, 0.1) is 5.69 Å². The average molecular weight is 248 g/mol. The lowest BCUT2D eigenvalue weighted by Crippen LogP contribution is -2.16. The zero-order chi connectivity index (χ0) is 13.5. The fourth-order valence-electron chi connectivity index (χ4n) is 2.18. The maximum atomic E-state index is 9.13. The minimum Gasteiger partial charge on any atom is -0.369 e. The van der Waals surface area contributed by atoms with Crippen molar-refractivity contribution in [1.82, 2.24) is 9.78 Å². The average Bonchev–Trinajstić information content (AvgIpc) is 2.63. The number of unbranched alkanes of at least 4 members (excludes halogenated alkanes) is 1. The predicted molar refractivity (Wildman–Crippen MR) is 74.5 cm³/mol. The van der Waals surface area contributed by atoms with Gasteiger partial charge in [0.15, 0.2) is 0 Å². The third-order valence-electron chi connectivity index (χ3n) is 3.44. The highest BCUT2D eigenvalue weighted by atomic mass is 15.3. The van der Waals surface area contributed by atoms with E-state index >= 15 is 0 Å². The van der Waals surface area contributed by atoms with E-state index in [0.29, 0.717) is 11.5 Å². The van der Waals surface area contributed by atoms with Crippen LogP contribution in [0.25, 0.3) is 0 Å². The lowest BCUT2D eigenvalue weighted by atomic mass is 9.99. The van der Waals surface area contributed by atoms with E-state index in [-0.39, 0.29) is 0 Å². The van der Waals surface area contributed by atoms with Gasteiger partial charge < -0.3 is 5.32 Å². The maximum Gasteiger partial charge on any atom is 0.142 e. The highest BCUT2D eigenvalue weighted by molar-refractivity contribution is 5.54. The van der Waals surface area contributed by atoms with Crippen LogP contribution in [0.1, 0.15) is 50.8 Å². The molecule has 1 N–H and O–H groups in total. The first-order chi connectivity index (χ1) is 8.63. The van der Waals surface area contributed by atoms with Gasteiger partial charge in [0.1, 0.15) is 17.5 Å². The lowest BCUT2D eigenvalue weighted by Gasteiger charge is -2.16. The molecule has 1 unspecified atom stereocenters. The van der Waals surface area contributed by atoms with E-state index in [1.165, 1.54) is 25.7 Å². The number of anilines is 1. The molecule has 0 radical (unpaired) electrons. The van der Waals surface area contributed by atoms with Crippen molar-refractivity contribution < 1.29 is 0 Å². The molecule has 1 atom stereocenters. The third-order valence-corrected chi connectivity index (χ3v) is 3.44. The van der Waals surface area contributed by atoms with Crippen LogP contribution in [-0.4, -0.2) is 16.3 Å². The van der Waals surface area contributed by atoms with Crippen molar-refractivity contribution in [1.29, 1.82) is 5.26 Å². The molecule has 1 heterocycles. The molecular weight excluding hydrogens is 224 g/mol. The molecule has 18 heavy (non-hydrogen) atoms. The predicted octanol–water partition coefficient (Wildman–Crippen LogP) is 3.23. The quantitative estimate of drug-likeness (QED) is 0.806. The normalized spacial score (nSPS) is 12.2. The summed E-state index contributed by atoms with van der Waals surface area (Å²) >= 11 is 0. The maximum absolute atomic E-state index is 9.13.